The van der Waals surface area contributed by atoms with Gasteiger partial charge in [0.15, 0.2) is 0 Å². The van der Waals surface area contributed by atoms with E-state index < -0.39 is 24.1 Å². The Morgan fingerprint density at radius 2 is 1.95 bits per heavy atom. The van der Waals surface area contributed by atoms with Gasteiger partial charge in [-0.05, 0) is 5.92 Å². The number of aliphatic carboxylic acids is 1. The number of carboxylic acids is 1. The Morgan fingerprint density at radius 1 is 1.29 bits per heavy atom. The van der Waals surface area contributed by atoms with E-state index in [-0.39, 0.29) is 31.8 Å². The van der Waals surface area contributed by atoms with Crippen molar-refractivity contribution in [1.82, 2.24) is 15.5 Å². The summed E-state index contributed by atoms with van der Waals surface area (Å²) < 4.78 is 0. The molecular formula is C13H23N3O5. The first kappa shape index (κ1) is 17.2. The first-order valence-corrected chi connectivity index (χ1v) is 7.03. The lowest BCUT2D eigenvalue weighted by Crippen LogP contribution is -2.46. The minimum atomic E-state index is -1.14. The van der Waals surface area contributed by atoms with Gasteiger partial charge in [-0.2, -0.15) is 0 Å². The van der Waals surface area contributed by atoms with E-state index >= 15 is 0 Å². The number of carboxylic acid groups (broad SMARTS) is 1. The SMILES string of the molecule is CC(C)CNC(=O)CCNC(=O)N1C[C@@H](O)C[C@H]1C(=O)O. The van der Waals surface area contributed by atoms with E-state index in [4.69, 9.17) is 5.11 Å². The molecule has 3 amide bonds. The van der Waals surface area contributed by atoms with E-state index in [0.29, 0.717) is 12.5 Å². The van der Waals surface area contributed by atoms with Crippen LogP contribution in [0.25, 0.3) is 0 Å². The van der Waals surface area contributed by atoms with Crippen LogP contribution >= 0.6 is 0 Å². The summed E-state index contributed by atoms with van der Waals surface area (Å²) >= 11 is 0. The molecule has 1 heterocycles. The molecule has 0 aliphatic carbocycles. The summed E-state index contributed by atoms with van der Waals surface area (Å²) in [7, 11) is 0. The smallest absolute Gasteiger partial charge is 0.326 e. The largest absolute Gasteiger partial charge is 0.480 e. The Balaban J connectivity index is 2.33. The lowest BCUT2D eigenvalue weighted by atomic mass is 10.2. The van der Waals surface area contributed by atoms with Crippen LogP contribution in [0.4, 0.5) is 4.79 Å². The van der Waals surface area contributed by atoms with E-state index in [2.05, 4.69) is 10.6 Å². The van der Waals surface area contributed by atoms with Gasteiger partial charge in [0.05, 0.1) is 6.10 Å². The third-order valence-corrected chi connectivity index (χ3v) is 3.16. The van der Waals surface area contributed by atoms with Crippen LogP contribution in [0.1, 0.15) is 26.7 Å². The van der Waals surface area contributed by atoms with Crippen molar-refractivity contribution >= 4 is 17.9 Å². The van der Waals surface area contributed by atoms with Crippen molar-refractivity contribution in [1.29, 1.82) is 0 Å². The molecule has 1 aliphatic rings. The van der Waals surface area contributed by atoms with Gasteiger partial charge < -0.3 is 25.7 Å². The number of carbonyl (C=O) groups excluding carboxylic acids is 2. The summed E-state index contributed by atoms with van der Waals surface area (Å²) in [5, 5.41) is 23.7. The van der Waals surface area contributed by atoms with Gasteiger partial charge in [0, 0.05) is 32.5 Å². The summed E-state index contributed by atoms with van der Waals surface area (Å²) in [6, 6.07) is -1.59. The Hall–Kier alpha value is -1.83. The highest BCUT2D eigenvalue weighted by atomic mass is 16.4. The monoisotopic (exact) mass is 301 g/mol. The molecule has 0 aromatic rings. The van der Waals surface area contributed by atoms with Crippen molar-refractivity contribution in [2.75, 3.05) is 19.6 Å². The second-order valence-electron chi connectivity index (χ2n) is 5.58. The van der Waals surface area contributed by atoms with Crippen molar-refractivity contribution in [3.63, 3.8) is 0 Å². The molecule has 8 nitrogen and oxygen atoms in total. The lowest BCUT2D eigenvalue weighted by molar-refractivity contribution is -0.141. The van der Waals surface area contributed by atoms with E-state index in [1.165, 1.54) is 0 Å². The van der Waals surface area contributed by atoms with Crippen LogP contribution in [-0.4, -0.2) is 64.8 Å². The average molecular weight is 301 g/mol. The predicted molar refractivity (Wildman–Crippen MR) is 74.6 cm³/mol. The fourth-order valence-corrected chi connectivity index (χ4v) is 2.06. The van der Waals surface area contributed by atoms with Gasteiger partial charge in [-0.1, -0.05) is 13.8 Å². The molecule has 120 valence electrons. The molecular weight excluding hydrogens is 278 g/mol. The quantitative estimate of drug-likeness (QED) is 0.521. The fraction of sp³-hybridized carbons (Fsp3) is 0.769. The normalized spacial score (nSPS) is 21.4. The van der Waals surface area contributed by atoms with Crippen LogP contribution in [0.15, 0.2) is 0 Å². The zero-order valence-electron chi connectivity index (χ0n) is 12.3. The van der Waals surface area contributed by atoms with Crippen molar-refractivity contribution in [3.05, 3.63) is 0 Å². The number of hydrogen-bond donors (Lipinski definition) is 4. The number of aliphatic hydroxyl groups excluding tert-OH is 1. The highest BCUT2D eigenvalue weighted by Gasteiger charge is 2.38. The third-order valence-electron chi connectivity index (χ3n) is 3.16. The number of carbonyl (C=O) groups is 3. The van der Waals surface area contributed by atoms with Crippen LogP contribution in [-0.2, 0) is 9.59 Å². The molecule has 0 saturated carbocycles. The van der Waals surface area contributed by atoms with E-state index in [0.717, 1.165) is 4.90 Å². The Morgan fingerprint density at radius 3 is 2.52 bits per heavy atom. The molecule has 8 heteroatoms. The molecule has 0 aromatic carbocycles. The molecule has 2 atom stereocenters. The van der Waals surface area contributed by atoms with Crippen LogP contribution in [0.3, 0.4) is 0 Å². The molecule has 0 aromatic heterocycles. The van der Waals surface area contributed by atoms with Crippen molar-refractivity contribution < 1.29 is 24.6 Å². The van der Waals surface area contributed by atoms with Gasteiger partial charge in [0.1, 0.15) is 6.04 Å². The second-order valence-corrected chi connectivity index (χ2v) is 5.58. The van der Waals surface area contributed by atoms with Crippen LogP contribution in [0, 0.1) is 5.92 Å². The van der Waals surface area contributed by atoms with E-state index in [1.54, 1.807) is 0 Å². The highest BCUT2D eigenvalue weighted by Crippen LogP contribution is 2.17. The molecule has 1 saturated heterocycles. The van der Waals surface area contributed by atoms with Gasteiger partial charge in [0.2, 0.25) is 5.91 Å². The number of aliphatic hydroxyl groups is 1. The molecule has 0 radical (unpaired) electrons. The van der Waals surface area contributed by atoms with E-state index in [1.807, 2.05) is 13.8 Å². The fourth-order valence-electron chi connectivity index (χ4n) is 2.06. The number of hydrogen-bond acceptors (Lipinski definition) is 4. The number of nitrogens with one attached hydrogen (secondary N) is 2. The van der Waals surface area contributed by atoms with Gasteiger partial charge >= 0.3 is 12.0 Å². The minimum absolute atomic E-state index is 0.0116. The summed E-state index contributed by atoms with van der Waals surface area (Å²) in [5.41, 5.74) is 0. The van der Waals surface area contributed by atoms with Crippen LogP contribution in [0.2, 0.25) is 0 Å². The van der Waals surface area contributed by atoms with Gasteiger partial charge in [0.25, 0.3) is 0 Å². The van der Waals surface area contributed by atoms with Gasteiger partial charge in [-0.3, -0.25) is 4.79 Å². The van der Waals surface area contributed by atoms with Crippen LogP contribution in [0.5, 0.6) is 0 Å². The second kappa shape index (κ2) is 7.82. The summed E-state index contributed by atoms with van der Waals surface area (Å²) in [6.07, 6.45) is -0.671. The number of β-amino-alcohol motifs (C(OH)–C–C–N with tert-alkyl or cyclic N) is 1. The molecule has 4 N–H and O–H groups in total. The molecule has 0 bridgehead atoms. The Kier molecular flexibility index (Phi) is 6.41. The molecule has 1 rings (SSSR count). The molecule has 1 aliphatic heterocycles. The standard InChI is InChI=1S/C13H23N3O5/c1-8(2)6-15-11(18)3-4-14-13(21)16-7-9(17)5-10(16)12(19)20/h8-10,17H,3-7H2,1-2H3,(H,14,21)(H,15,18)(H,19,20)/t9-,10-/m0/s1. The maximum absolute atomic E-state index is 11.9. The summed E-state index contributed by atoms with van der Waals surface area (Å²) in [4.78, 5) is 35.4. The van der Waals surface area contributed by atoms with Gasteiger partial charge in [-0.15, -0.1) is 0 Å². The number of rotatable bonds is 6. The zero-order chi connectivity index (χ0) is 16.0. The highest BCUT2D eigenvalue weighted by molar-refractivity contribution is 5.84. The maximum atomic E-state index is 11.9. The molecule has 0 spiro atoms. The number of nitrogens with zero attached hydrogens (tertiary/aromatic N) is 1. The van der Waals surface area contributed by atoms with Crippen LogP contribution < -0.4 is 10.6 Å². The average Bonchev–Trinajstić information content (AvgIpc) is 2.78. The maximum Gasteiger partial charge on any atom is 0.326 e. The summed E-state index contributed by atoms with van der Waals surface area (Å²) in [5.74, 6) is -0.956. The topological polar surface area (TPSA) is 119 Å². The Labute approximate surface area is 123 Å². The van der Waals surface area contributed by atoms with E-state index in [9.17, 15) is 19.5 Å². The van der Waals surface area contributed by atoms with Gasteiger partial charge in [-0.25, -0.2) is 9.59 Å². The number of amides is 3. The molecule has 1 fully saturated rings. The van der Waals surface area contributed by atoms with Crippen molar-refractivity contribution in [3.8, 4) is 0 Å². The third kappa shape index (κ3) is 5.58. The zero-order valence-corrected chi connectivity index (χ0v) is 12.3. The number of urea groups is 1. The van der Waals surface area contributed by atoms with Crippen molar-refractivity contribution in [2.45, 2.75) is 38.8 Å². The Bertz CT molecular complexity index is 399. The molecule has 0 unspecified atom stereocenters. The minimum Gasteiger partial charge on any atom is -0.480 e. The summed E-state index contributed by atoms with van der Waals surface area (Å²) in [6.45, 7) is 4.65. The predicted octanol–water partition coefficient (Wildman–Crippen LogP) is -0.622. The first-order valence-electron chi connectivity index (χ1n) is 7.03. The number of likely N-dealkylation sites (tertiary alicyclic amines) is 1. The van der Waals surface area contributed by atoms with Crippen molar-refractivity contribution in [2.24, 2.45) is 5.92 Å². The first-order chi connectivity index (χ1) is 9.81. The lowest BCUT2D eigenvalue weighted by Gasteiger charge is -2.21. The molecule has 21 heavy (non-hydrogen) atoms.